The van der Waals surface area contributed by atoms with Gasteiger partial charge in [-0.05, 0) is 60.8 Å². The number of fused-ring (bicyclic) bond motifs is 1. The van der Waals surface area contributed by atoms with Crippen LogP contribution in [0.3, 0.4) is 0 Å². The fourth-order valence-corrected chi connectivity index (χ4v) is 3.98. The van der Waals surface area contributed by atoms with Crippen LogP contribution in [0.25, 0.3) is 10.8 Å². The molecular formula is C20H16Br2N2O4. The van der Waals surface area contributed by atoms with Gasteiger partial charge in [0, 0.05) is 5.56 Å². The number of hydrogen-bond acceptors (Lipinski definition) is 5. The van der Waals surface area contributed by atoms with Crippen LogP contribution in [0.15, 0.2) is 62.6 Å². The first-order valence-electron chi connectivity index (χ1n) is 8.18. The van der Waals surface area contributed by atoms with E-state index in [2.05, 4.69) is 42.4 Å². The summed E-state index contributed by atoms with van der Waals surface area (Å²) in [6, 6.07) is 15.1. The SMILES string of the molecule is COc1c(Br)cc(C=NNC(=O)COc2ccc3ccccc3c2)c(O)c1Br. The number of phenols is 1. The number of ether oxygens (including phenoxy) is 2. The van der Waals surface area contributed by atoms with Gasteiger partial charge in [-0.25, -0.2) is 5.43 Å². The van der Waals surface area contributed by atoms with Crippen molar-refractivity contribution in [1.29, 1.82) is 0 Å². The number of aromatic hydroxyl groups is 1. The van der Waals surface area contributed by atoms with E-state index in [0.29, 0.717) is 26.0 Å². The normalized spacial score (nSPS) is 11.0. The fourth-order valence-electron chi connectivity index (χ4n) is 2.51. The van der Waals surface area contributed by atoms with E-state index >= 15 is 0 Å². The lowest BCUT2D eigenvalue weighted by molar-refractivity contribution is -0.123. The summed E-state index contributed by atoms with van der Waals surface area (Å²) < 4.78 is 11.7. The van der Waals surface area contributed by atoms with Crippen molar-refractivity contribution < 1.29 is 19.4 Å². The van der Waals surface area contributed by atoms with Crippen molar-refractivity contribution >= 4 is 54.8 Å². The number of halogens is 2. The second-order valence-corrected chi connectivity index (χ2v) is 7.38. The highest BCUT2D eigenvalue weighted by Crippen LogP contribution is 2.41. The molecule has 0 aliphatic carbocycles. The number of amides is 1. The second kappa shape index (κ2) is 9.07. The lowest BCUT2D eigenvalue weighted by Crippen LogP contribution is -2.24. The molecule has 0 saturated carbocycles. The first kappa shape index (κ1) is 20.2. The molecule has 2 N–H and O–H groups in total. The Kier molecular flexibility index (Phi) is 6.53. The Morgan fingerprint density at radius 2 is 1.93 bits per heavy atom. The first-order chi connectivity index (χ1) is 13.5. The molecule has 8 heteroatoms. The molecule has 3 aromatic rings. The lowest BCUT2D eigenvalue weighted by Gasteiger charge is -2.10. The number of hydrogen-bond donors (Lipinski definition) is 2. The molecule has 0 fully saturated rings. The van der Waals surface area contributed by atoms with E-state index in [1.165, 1.54) is 13.3 Å². The Morgan fingerprint density at radius 1 is 1.18 bits per heavy atom. The maximum atomic E-state index is 11.9. The number of benzene rings is 3. The molecule has 0 atom stereocenters. The zero-order valence-corrected chi connectivity index (χ0v) is 18.0. The number of rotatable bonds is 6. The van der Waals surface area contributed by atoms with E-state index in [-0.39, 0.29) is 12.4 Å². The number of carbonyl (C=O) groups excluding carboxylic acids is 1. The molecule has 3 aromatic carbocycles. The van der Waals surface area contributed by atoms with Gasteiger partial charge in [-0.15, -0.1) is 0 Å². The first-order valence-corrected chi connectivity index (χ1v) is 9.76. The van der Waals surface area contributed by atoms with Crippen LogP contribution in [0, 0.1) is 0 Å². The summed E-state index contributed by atoms with van der Waals surface area (Å²) in [7, 11) is 1.49. The number of methoxy groups -OCH3 is 1. The average molecular weight is 508 g/mol. The third kappa shape index (κ3) is 4.63. The van der Waals surface area contributed by atoms with Crippen molar-refractivity contribution in [1.82, 2.24) is 5.43 Å². The fraction of sp³-hybridized carbons (Fsp3) is 0.100. The van der Waals surface area contributed by atoms with Crippen LogP contribution >= 0.6 is 31.9 Å². The van der Waals surface area contributed by atoms with Crippen molar-refractivity contribution in [2.45, 2.75) is 0 Å². The molecule has 1 amide bonds. The van der Waals surface area contributed by atoms with Crippen LogP contribution < -0.4 is 14.9 Å². The van der Waals surface area contributed by atoms with Crippen LogP contribution in [0.5, 0.6) is 17.2 Å². The van der Waals surface area contributed by atoms with Crippen molar-refractivity contribution in [3.63, 3.8) is 0 Å². The molecule has 28 heavy (non-hydrogen) atoms. The third-order valence-electron chi connectivity index (χ3n) is 3.87. The summed E-state index contributed by atoms with van der Waals surface area (Å²) in [4.78, 5) is 11.9. The Hall–Kier alpha value is -2.58. The molecule has 0 aliphatic heterocycles. The summed E-state index contributed by atoms with van der Waals surface area (Å²) in [5.41, 5.74) is 2.76. The van der Waals surface area contributed by atoms with Gasteiger partial charge in [0.1, 0.15) is 16.0 Å². The van der Waals surface area contributed by atoms with E-state index in [0.717, 1.165) is 10.8 Å². The Balaban J connectivity index is 1.59. The average Bonchev–Trinajstić information content (AvgIpc) is 2.70. The minimum atomic E-state index is -0.421. The van der Waals surface area contributed by atoms with Crippen LogP contribution in [0.1, 0.15) is 5.56 Å². The minimum absolute atomic E-state index is 0.0505. The zero-order valence-electron chi connectivity index (χ0n) is 14.8. The smallest absolute Gasteiger partial charge is 0.277 e. The summed E-state index contributed by atoms with van der Waals surface area (Å²) in [5.74, 6) is 0.585. The van der Waals surface area contributed by atoms with Gasteiger partial charge < -0.3 is 14.6 Å². The molecule has 0 radical (unpaired) electrons. The van der Waals surface area contributed by atoms with Gasteiger partial charge >= 0.3 is 0 Å². The zero-order chi connectivity index (χ0) is 20.1. The molecule has 0 aliphatic rings. The number of nitrogens with one attached hydrogen (secondary N) is 1. The van der Waals surface area contributed by atoms with Crippen molar-refractivity contribution in [2.24, 2.45) is 5.10 Å². The number of hydrazone groups is 1. The molecule has 3 rings (SSSR count). The maximum absolute atomic E-state index is 11.9. The number of nitrogens with zero attached hydrogens (tertiary/aromatic N) is 1. The highest BCUT2D eigenvalue weighted by Gasteiger charge is 2.14. The van der Waals surface area contributed by atoms with Gasteiger partial charge in [0.2, 0.25) is 0 Å². The van der Waals surface area contributed by atoms with Crippen LogP contribution in [0.2, 0.25) is 0 Å². The molecule has 6 nitrogen and oxygen atoms in total. The van der Waals surface area contributed by atoms with Crippen LogP contribution in [-0.4, -0.2) is 30.9 Å². The predicted molar refractivity (Wildman–Crippen MR) is 115 cm³/mol. The van der Waals surface area contributed by atoms with Crippen LogP contribution in [-0.2, 0) is 4.79 Å². The summed E-state index contributed by atoms with van der Waals surface area (Å²) in [6.07, 6.45) is 1.33. The van der Waals surface area contributed by atoms with E-state index in [1.54, 1.807) is 6.07 Å². The Labute approximate surface area is 178 Å². The standard InChI is InChI=1S/C20H16Br2N2O4/c1-27-20-16(21)9-14(19(26)18(20)22)10-23-24-17(25)11-28-15-7-6-12-4-2-3-5-13(12)8-15/h2-10,26H,11H2,1H3,(H,24,25). The van der Waals surface area contributed by atoms with Crippen molar-refractivity contribution in [2.75, 3.05) is 13.7 Å². The monoisotopic (exact) mass is 506 g/mol. The van der Waals surface area contributed by atoms with Gasteiger partial charge in [0.25, 0.3) is 5.91 Å². The third-order valence-corrected chi connectivity index (χ3v) is 5.19. The summed E-state index contributed by atoms with van der Waals surface area (Å²) >= 11 is 6.60. The largest absolute Gasteiger partial charge is 0.506 e. The Morgan fingerprint density at radius 3 is 2.68 bits per heavy atom. The van der Waals surface area contributed by atoms with Gasteiger partial charge in [-0.3, -0.25) is 4.79 Å². The highest BCUT2D eigenvalue weighted by molar-refractivity contribution is 9.11. The minimum Gasteiger partial charge on any atom is -0.506 e. The maximum Gasteiger partial charge on any atom is 0.277 e. The molecule has 0 spiro atoms. The Bertz CT molecular complexity index is 1050. The van der Waals surface area contributed by atoms with Gasteiger partial charge in [0.15, 0.2) is 12.4 Å². The molecule has 0 unspecified atom stereocenters. The number of carbonyl (C=O) groups is 1. The van der Waals surface area contributed by atoms with Crippen LogP contribution in [0.4, 0.5) is 0 Å². The van der Waals surface area contributed by atoms with Crippen molar-refractivity contribution in [3.05, 3.63) is 63.0 Å². The van der Waals surface area contributed by atoms with E-state index in [4.69, 9.17) is 9.47 Å². The lowest BCUT2D eigenvalue weighted by atomic mass is 10.1. The summed E-state index contributed by atoms with van der Waals surface area (Å²) in [6.45, 7) is -0.183. The summed E-state index contributed by atoms with van der Waals surface area (Å²) in [5, 5.41) is 16.1. The van der Waals surface area contributed by atoms with E-state index in [1.807, 2.05) is 42.5 Å². The number of phenolic OH excluding ortho intramolecular Hbond substituents is 1. The van der Waals surface area contributed by atoms with E-state index in [9.17, 15) is 9.90 Å². The molecule has 0 aromatic heterocycles. The molecule has 0 heterocycles. The van der Waals surface area contributed by atoms with Gasteiger partial charge in [0.05, 0.1) is 17.8 Å². The molecular weight excluding hydrogens is 492 g/mol. The molecule has 0 bridgehead atoms. The molecule has 0 saturated heterocycles. The molecule has 144 valence electrons. The second-order valence-electron chi connectivity index (χ2n) is 5.73. The van der Waals surface area contributed by atoms with Gasteiger partial charge in [-0.2, -0.15) is 5.10 Å². The van der Waals surface area contributed by atoms with Crippen molar-refractivity contribution in [3.8, 4) is 17.2 Å². The quantitative estimate of drug-likeness (QED) is 0.377. The topological polar surface area (TPSA) is 80.2 Å². The highest BCUT2D eigenvalue weighted by atomic mass is 79.9. The predicted octanol–water partition coefficient (Wildman–Crippen LogP) is 4.61. The van der Waals surface area contributed by atoms with Gasteiger partial charge in [-0.1, -0.05) is 30.3 Å². The van der Waals surface area contributed by atoms with E-state index < -0.39 is 5.91 Å².